The Morgan fingerprint density at radius 2 is 2.12 bits per heavy atom. The van der Waals surface area contributed by atoms with Crippen molar-refractivity contribution in [1.29, 1.82) is 0 Å². The minimum absolute atomic E-state index is 0.296. The fraction of sp³-hybridized carbons (Fsp3) is 0.333. The predicted octanol–water partition coefficient (Wildman–Crippen LogP) is 3.73. The number of aromatic nitrogens is 1. The van der Waals surface area contributed by atoms with Crippen molar-refractivity contribution >= 4 is 22.6 Å². The standard InChI is InChI=1S/C18H20FN3O2S/c1-18(24-15-6-4-5-13(19)9-15)11-22(12-18)17(25-3)21-14-7-8-16(23-2)20-10-14/h4-10H,11-12H2,1-3H3/b21-17-. The summed E-state index contributed by atoms with van der Waals surface area (Å²) in [4.78, 5) is 10.9. The second-order valence-electron chi connectivity index (χ2n) is 6.02. The molecule has 2 aromatic rings. The summed E-state index contributed by atoms with van der Waals surface area (Å²) in [7, 11) is 1.58. The van der Waals surface area contributed by atoms with Crippen LogP contribution < -0.4 is 9.47 Å². The number of pyridine rings is 1. The van der Waals surface area contributed by atoms with Gasteiger partial charge in [0.25, 0.3) is 0 Å². The Kier molecular flexibility index (Phi) is 5.13. The maximum Gasteiger partial charge on any atom is 0.213 e. The molecule has 132 valence electrons. The normalized spacial score (nSPS) is 16.3. The van der Waals surface area contributed by atoms with Gasteiger partial charge in [0.1, 0.15) is 17.2 Å². The van der Waals surface area contributed by atoms with Gasteiger partial charge in [0, 0.05) is 12.1 Å². The third-order valence-electron chi connectivity index (χ3n) is 3.82. The Morgan fingerprint density at radius 1 is 1.32 bits per heavy atom. The monoisotopic (exact) mass is 361 g/mol. The second kappa shape index (κ2) is 7.31. The summed E-state index contributed by atoms with van der Waals surface area (Å²) in [5, 5.41) is 0.896. The average Bonchev–Trinajstić information content (AvgIpc) is 2.58. The van der Waals surface area contributed by atoms with Crippen LogP contribution in [0, 0.1) is 5.82 Å². The van der Waals surface area contributed by atoms with Gasteiger partial charge >= 0.3 is 0 Å². The van der Waals surface area contributed by atoms with Gasteiger partial charge in [0.2, 0.25) is 5.88 Å². The predicted molar refractivity (Wildman–Crippen MR) is 98.4 cm³/mol. The first-order valence-electron chi connectivity index (χ1n) is 7.83. The van der Waals surface area contributed by atoms with Gasteiger partial charge in [-0.3, -0.25) is 0 Å². The van der Waals surface area contributed by atoms with Crippen molar-refractivity contribution < 1.29 is 13.9 Å². The number of hydrogen-bond acceptors (Lipinski definition) is 5. The molecule has 0 spiro atoms. The molecule has 0 atom stereocenters. The van der Waals surface area contributed by atoms with E-state index in [1.807, 2.05) is 19.2 Å². The molecule has 2 heterocycles. The molecule has 1 fully saturated rings. The number of amidine groups is 1. The van der Waals surface area contributed by atoms with Crippen LogP contribution in [0.3, 0.4) is 0 Å². The lowest BCUT2D eigenvalue weighted by Gasteiger charge is -2.48. The zero-order valence-corrected chi connectivity index (χ0v) is 15.2. The van der Waals surface area contributed by atoms with E-state index < -0.39 is 0 Å². The Balaban J connectivity index is 1.65. The number of thioether (sulfide) groups is 1. The van der Waals surface area contributed by atoms with Crippen molar-refractivity contribution in [2.24, 2.45) is 4.99 Å². The van der Waals surface area contributed by atoms with E-state index in [0.29, 0.717) is 24.7 Å². The van der Waals surface area contributed by atoms with E-state index in [-0.39, 0.29) is 11.4 Å². The lowest BCUT2D eigenvalue weighted by molar-refractivity contribution is -0.0255. The van der Waals surface area contributed by atoms with Gasteiger partial charge < -0.3 is 14.4 Å². The number of aliphatic imine (C=N–C) groups is 1. The zero-order chi connectivity index (χ0) is 17.9. The molecule has 0 radical (unpaired) electrons. The molecule has 7 heteroatoms. The number of methoxy groups -OCH3 is 1. The molecule has 5 nitrogen and oxygen atoms in total. The molecule has 1 aromatic carbocycles. The Labute approximate surface area is 150 Å². The van der Waals surface area contributed by atoms with Crippen molar-refractivity contribution in [2.75, 3.05) is 26.5 Å². The molecule has 0 saturated carbocycles. The minimum atomic E-state index is -0.359. The Hall–Kier alpha value is -2.28. The Morgan fingerprint density at radius 3 is 2.72 bits per heavy atom. The van der Waals surface area contributed by atoms with Crippen molar-refractivity contribution in [2.45, 2.75) is 12.5 Å². The van der Waals surface area contributed by atoms with Gasteiger partial charge in [0.15, 0.2) is 5.17 Å². The molecule has 0 amide bonds. The number of halogens is 1. The molecule has 0 bridgehead atoms. The van der Waals surface area contributed by atoms with E-state index >= 15 is 0 Å². The molecule has 1 aliphatic rings. The molecular weight excluding hydrogens is 341 g/mol. The number of benzene rings is 1. The van der Waals surface area contributed by atoms with Crippen LogP contribution in [0.15, 0.2) is 47.6 Å². The summed E-state index contributed by atoms with van der Waals surface area (Å²) >= 11 is 1.57. The van der Waals surface area contributed by atoms with E-state index in [4.69, 9.17) is 9.47 Å². The Bertz CT molecular complexity index is 761. The van der Waals surface area contributed by atoms with Crippen LogP contribution >= 0.6 is 11.8 Å². The molecule has 0 N–H and O–H groups in total. The second-order valence-corrected chi connectivity index (χ2v) is 6.80. The third kappa shape index (κ3) is 4.22. The topological polar surface area (TPSA) is 47.0 Å². The summed E-state index contributed by atoms with van der Waals surface area (Å²) < 4.78 is 24.3. The fourth-order valence-corrected chi connectivity index (χ4v) is 3.28. The third-order valence-corrected chi connectivity index (χ3v) is 4.53. The maximum atomic E-state index is 13.3. The zero-order valence-electron chi connectivity index (χ0n) is 14.4. The smallest absolute Gasteiger partial charge is 0.213 e. The molecule has 25 heavy (non-hydrogen) atoms. The minimum Gasteiger partial charge on any atom is -0.484 e. The van der Waals surface area contributed by atoms with Gasteiger partial charge in [0.05, 0.1) is 32.1 Å². The fourth-order valence-electron chi connectivity index (χ4n) is 2.69. The van der Waals surface area contributed by atoms with E-state index in [2.05, 4.69) is 14.9 Å². The van der Waals surface area contributed by atoms with Crippen LogP contribution in [0.5, 0.6) is 11.6 Å². The lowest BCUT2D eigenvalue weighted by atomic mass is 9.97. The average molecular weight is 361 g/mol. The van der Waals surface area contributed by atoms with Crippen LogP contribution in [0.25, 0.3) is 0 Å². The van der Waals surface area contributed by atoms with Crippen LogP contribution in [0.1, 0.15) is 6.92 Å². The SMILES string of the molecule is COc1ccc(/N=C(\SC)N2CC(C)(Oc3cccc(F)c3)C2)cn1. The highest BCUT2D eigenvalue weighted by molar-refractivity contribution is 8.13. The summed E-state index contributed by atoms with van der Waals surface area (Å²) in [6.45, 7) is 3.39. The molecule has 0 aliphatic carbocycles. The van der Waals surface area contributed by atoms with Gasteiger partial charge in [-0.1, -0.05) is 17.8 Å². The van der Waals surface area contributed by atoms with Crippen LogP contribution in [0.4, 0.5) is 10.1 Å². The van der Waals surface area contributed by atoms with Gasteiger partial charge in [-0.25, -0.2) is 14.4 Å². The quantitative estimate of drug-likeness (QED) is 0.613. The molecule has 3 rings (SSSR count). The summed E-state index contributed by atoms with van der Waals surface area (Å²) in [5.74, 6) is 0.810. The highest BCUT2D eigenvalue weighted by atomic mass is 32.2. The summed E-state index contributed by atoms with van der Waals surface area (Å²) in [5.41, 5.74) is 0.410. The van der Waals surface area contributed by atoms with Gasteiger partial charge in [-0.05, 0) is 31.4 Å². The number of hydrogen-bond donors (Lipinski definition) is 0. The van der Waals surface area contributed by atoms with Crippen LogP contribution in [-0.4, -0.2) is 47.1 Å². The molecule has 0 unspecified atom stereocenters. The van der Waals surface area contributed by atoms with E-state index in [9.17, 15) is 4.39 Å². The summed E-state index contributed by atoms with van der Waals surface area (Å²) in [6, 6.07) is 9.87. The number of nitrogens with zero attached hydrogens (tertiary/aromatic N) is 3. The largest absolute Gasteiger partial charge is 0.484 e. The molecule has 1 aromatic heterocycles. The first kappa shape index (κ1) is 17.5. The van der Waals surface area contributed by atoms with Gasteiger partial charge in [-0.2, -0.15) is 0 Å². The maximum absolute atomic E-state index is 13.3. The first-order valence-corrected chi connectivity index (χ1v) is 9.06. The number of rotatable bonds is 4. The lowest BCUT2D eigenvalue weighted by Crippen LogP contribution is -2.64. The summed E-state index contributed by atoms with van der Waals surface area (Å²) in [6.07, 6.45) is 3.66. The van der Waals surface area contributed by atoms with Crippen LogP contribution in [0.2, 0.25) is 0 Å². The van der Waals surface area contributed by atoms with Gasteiger partial charge in [-0.15, -0.1) is 0 Å². The van der Waals surface area contributed by atoms with Crippen LogP contribution in [-0.2, 0) is 0 Å². The molecular formula is C18H20FN3O2S. The number of likely N-dealkylation sites (tertiary alicyclic amines) is 1. The van der Waals surface area contributed by atoms with E-state index in [1.54, 1.807) is 43.3 Å². The van der Waals surface area contributed by atoms with E-state index in [0.717, 1.165) is 10.9 Å². The van der Waals surface area contributed by atoms with Crippen molar-refractivity contribution in [3.8, 4) is 11.6 Å². The highest BCUT2D eigenvalue weighted by Crippen LogP contribution is 2.30. The van der Waals surface area contributed by atoms with Crippen molar-refractivity contribution in [3.05, 3.63) is 48.4 Å². The molecule has 1 saturated heterocycles. The number of ether oxygens (including phenoxy) is 2. The van der Waals surface area contributed by atoms with Crippen molar-refractivity contribution in [1.82, 2.24) is 9.88 Å². The van der Waals surface area contributed by atoms with Crippen molar-refractivity contribution in [3.63, 3.8) is 0 Å². The highest BCUT2D eigenvalue weighted by Gasteiger charge is 2.42. The first-order chi connectivity index (χ1) is 12.0. The van der Waals surface area contributed by atoms with E-state index in [1.165, 1.54) is 12.1 Å². The molecule has 1 aliphatic heterocycles.